The van der Waals surface area contributed by atoms with Gasteiger partial charge < -0.3 is 4.57 Å². The Morgan fingerprint density at radius 1 is 1.13 bits per heavy atom. The molecule has 1 fully saturated rings. The standard InChI is InChI=1S/C18H19F3N2/c19-12-4-5-13(20)17-15-10-22-11-23(15)14(16(12)17)6-9-18(21)7-2-1-3-8-18/h4-5,10-11,14H,1-3,6-9H2/t14-/m0/s1. The molecule has 0 bridgehead atoms. The molecule has 1 aromatic heterocycles. The van der Waals surface area contributed by atoms with Crippen LogP contribution in [-0.2, 0) is 0 Å². The molecule has 122 valence electrons. The maximum absolute atomic E-state index is 14.9. The van der Waals surface area contributed by atoms with Crippen molar-refractivity contribution in [3.05, 3.63) is 41.9 Å². The Labute approximate surface area is 133 Å². The second kappa shape index (κ2) is 5.39. The summed E-state index contributed by atoms with van der Waals surface area (Å²) in [7, 11) is 0. The van der Waals surface area contributed by atoms with Crippen LogP contribution in [0.25, 0.3) is 11.3 Å². The molecule has 2 aliphatic rings. The summed E-state index contributed by atoms with van der Waals surface area (Å²) in [4.78, 5) is 4.06. The number of alkyl halides is 1. The molecule has 2 aromatic rings. The summed E-state index contributed by atoms with van der Waals surface area (Å²) in [6, 6.07) is 1.94. The zero-order valence-electron chi connectivity index (χ0n) is 12.9. The van der Waals surface area contributed by atoms with Crippen molar-refractivity contribution in [3.8, 4) is 11.3 Å². The number of halogens is 3. The highest BCUT2D eigenvalue weighted by molar-refractivity contribution is 5.70. The highest BCUT2D eigenvalue weighted by Crippen LogP contribution is 2.46. The molecule has 1 aliphatic heterocycles. The molecule has 1 atom stereocenters. The first kappa shape index (κ1) is 14.8. The Balaban J connectivity index is 1.66. The van der Waals surface area contributed by atoms with E-state index in [4.69, 9.17) is 0 Å². The zero-order valence-corrected chi connectivity index (χ0v) is 12.9. The molecule has 4 rings (SSSR count). The monoisotopic (exact) mass is 320 g/mol. The minimum Gasteiger partial charge on any atom is -0.323 e. The molecular formula is C18H19F3N2. The van der Waals surface area contributed by atoms with Gasteiger partial charge in [-0.1, -0.05) is 19.3 Å². The third-order valence-electron chi connectivity index (χ3n) is 5.35. The SMILES string of the molecule is Fc1ccc(F)c2c1-c1cncn1[C@H]2CCC1(F)CCCCC1. The van der Waals surface area contributed by atoms with Gasteiger partial charge in [-0.2, -0.15) is 0 Å². The van der Waals surface area contributed by atoms with E-state index in [2.05, 4.69) is 4.98 Å². The van der Waals surface area contributed by atoms with Gasteiger partial charge in [0.25, 0.3) is 0 Å². The molecule has 23 heavy (non-hydrogen) atoms. The molecule has 2 heterocycles. The van der Waals surface area contributed by atoms with Crippen LogP contribution in [0.15, 0.2) is 24.7 Å². The molecule has 1 aromatic carbocycles. The van der Waals surface area contributed by atoms with Crippen molar-refractivity contribution >= 4 is 0 Å². The van der Waals surface area contributed by atoms with E-state index >= 15 is 0 Å². The Morgan fingerprint density at radius 2 is 1.87 bits per heavy atom. The van der Waals surface area contributed by atoms with E-state index < -0.39 is 17.3 Å². The lowest BCUT2D eigenvalue weighted by molar-refractivity contribution is 0.0901. The number of hydrogen-bond acceptors (Lipinski definition) is 1. The number of fused-ring (bicyclic) bond motifs is 3. The van der Waals surface area contributed by atoms with Crippen LogP contribution in [0.3, 0.4) is 0 Å². The molecule has 0 saturated heterocycles. The largest absolute Gasteiger partial charge is 0.323 e. The van der Waals surface area contributed by atoms with Crippen molar-refractivity contribution in [1.29, 1.82) is 0 Å². The van der Waals surface area contributed by atoms with Gasteiger partial charge in [-0.15, -0.1) is 0 Å². The highest BCUT2D eigenvalue weighted by Gasteiger charge is 2.37. The van der Waals surface area contributed by atoms with Crippen LogP contribution in [0.2, 0.25) is 0 Å². The van der Waals surface area contributed by atoms with Crippen molar-refractivity contribution in [3.63, 3.8) is 0 Å². The number of rotatable bonds is 3. The average molecular weight is 320 g/mol. The van der Waals surface area contributed by atoms with Gasteiger partial charge in [0.2, 0.25) is 0 Å². The summed E-state index contributed by atoms with van der Waals surface area (Å²) in [5, 5.41) is 0. The highest BCUT2D eigenvalue weighted by atomic mass is 19.1. The Kier molecular flexibility index (Phi) is 3.47. The lowest BCUT2D eigenvalue weighted by Gasteiger charge is -2.30. The Hall–Kier alpha value is -1.78. The third kappa shape index (κ3) is 2.37. The molecule has 1 saturated carbocycles. The first-order valence-electron chi connectivity index (χ1n) is 8.28. The Bertz CT molecular complexity index is 732. The lowest BCUT2D eigenvalue weighted by Crippen LogP contribution is -2.27. The number of benzene rings is 1. The van der Waals surface area contributed by atoms with Crippen LogP contribution in [0.4, 0.5) is 13.2 Å². The zero-order chi connectivity index (χ0) is 16.0. The van der Waals surface area contributed by atoms with Gasteiger partial charge in [-0.3, -0.25) is 0 Å². The normalized spacial score (nSPS) is 22.0. The molecular weight excluding hydrogens is 301 g/mol. The fourth-order valence-corrected chi connectivity index (χ4v) is 4.15. The smallest absolute Gasteiger partial charge is 0.133 e. The van der Waals surface area contributed by atoms with Crippen molar-refractivity contribution < 1.29 is 13.2 Å². The number of aromatic nitrogens is 2. The minimum absolute atomic E-state index is 0.282. The summed E-state index contributed by atoms with van der Waals surface area (Å²) in [6.07, 6.45) is 8.05. The van der Waals surface area contributed by atoms with Crippen molar-refractivity contribution in [1.82, 2.24) is 9.55 Å². The maximum Gasteiger partial charge on any atom is 0.133 e. The van der Waals surface area contributed by atoms with Crippen LogP contribution >= 0.6 is 0 Å². The summed E-state index contributed by atoms with van der Waals surface area (Å²) in [5.74, 6) is -0.870. The van der Waals surface area contributed by atoms with Crippen LogP contribution in [-0.4, -0.2) is 15.2 Å². The van der Waals surface area contributed by atoms with E-state index in [-0.39, 0.29) is 11.6 Å². The van der Waals surface area contributed by atoms with Gasteiger partial charge >= 0.3 is 0 Å². The van der Waals surface area contributed by atoms with E-state index in [0.717, 1.165) is 31.4 Å². The van der Waals surface area contributed by atoms with Gasteiger partial charge in [0.1, 0.15) is 17.3 Å². The summed E-state index contributed by atoms with van der Waals surface area (Å²) in [5.41, 5.74) is 0.0513. The fourth-order valence-electron chi connectivity index (χ4n) is 4.15. The van der Waals surface area contributed by atoms with Gasteiger partial charge in [0, 0.05) is 11.1 Å². The molecule has 0 amide bonds. The van der Waals surface area contributed by atoms with E-state index in [0.29, 0.717) is 36.9 Å². The molecule has 5 heteroatoms. The number of nitrogens with zero attached hydrogens (tertiary/aromatic N) is 2. The second-order valence-corrected chi connectivity index (χ2v) is 6.77. The van der Waals surface area contributed by atoms with Crippen LogP contribution < -0.4 is 0 Å². The maximum atomic E-state index is 14.9. The topological polar surface area (TPSA) is 17.8 Å². The number of imidazole rings is 1. The summed E-state index contributed by atoms with van der Waals surface area (Å²) < 4.78 is 45.2. The lowest BCUT2D eigenvalue weighted by atomic mass is 9.82. The molecule has 0 unspecified atom stereocenters. The quantitative estimate of drug-likeness (QED) is 0.761. The van der Waals surface area contributed by atoms with E-state index in [1.54, 1.807) is 17.1 Å². The minimum atomic E-state index is -1.16. The molecule has 0 spiro atoms. The van der Waals surface area contributed by atoms with Gasteiger partial charge in [-0.05, 0) is 37.8 Å². The third-order valence-corrected chi connectivity index (χ3v) is 5.35. The predicted octanol–water partition coefficient (Wildman–Crippen LogP) is 5.18. The fraction of sp³-hybridized carbons (Fsp3) is 0.500. The first-order chi connectivity index (χ1) is 11.1. The van der Waals surface area contributed by atoms with Crippen LogP contribution in [0.1, 0.15) is 56.6 Å². The molecule has 2 nitrogen and oxygen atoms in total. The van der Waals surface area contributed by atoms with E-state index in [1.807, 2.05) is 0 Å². The van der Waals surface area contributed by atoms with Gasteiger partial charge in [0.15, 0.2) is 0 Å². The van der Waals surface area contributed by atoms with E-state index in [1.165, 1.54) is 0 Å². The van der Waals surface area contributed by atoms with Crippen LogP contribution in [0.5, 0.6) is 0 Å². The Morgan fingerprint density at radius 3 is 2.65 bits per heavy atom. The van der Waals surface area contributed by atoms with Gasteiger partial charge in [-0.25, -0.2) is 18.2 Å². The summed E-state index contributed by atoms with van der Waals surface area (Å²) in [6.45, 7) is 0. The first-order valence-corrected chi connectivity index (χ1v) is 8.28. The van der Waals surface area contributed by atoms with Crippen molar-refractivity contribution in [2.75, 3.05) is 0 Å². The van der Waals surface area contributed by atoms with Crippen molar-refractivity contribution in [2.45, 2.75) is 56.7 Å². The number of hydrogen-bond donors (Lipinski definition) is 0. The predicted molar refractivity (Wildman–Crippen MR) is 81.9 cm³/mol. The summed E-state index contributed by atoms with van der Waals surface area (Å²) >= 11 is 0. The molecule has 0 radical (unpaired) electrons. The average Bonchev–Trinajstić information content (AvgIpc) is 3.11. The van der Waals surface area contributed by atoms with E-state index in [9.17, 15) is 13.2 Å². The van der Waals surface area contributed by atoms with Crippen LogP contribution in [0, 0.1) is 11.6 Å². The molecule has 0 N–H and O–H groups in total. The second-order valence-electron chi connectivity index (χ2n) is 6.77. The van der Waals surface area contributed by atoms with Gasteiger partial charge in [0.05, 0.1) is 24.3 Å². The van der Waals surface area contributed by atoms with Crippen molar-refractivity contribution in [2.24, 2.45) is 0 Å². The molecule has 1 aliphatic carbocycles.